The molecule has 1 fully saturated rings. The maximum absolute atomic E-state index is 10.7. The van der Waals surface area contributed by atoms with Crippen LogP contribution in [0.1, 0.15) is 31.7 Å². The van der Waals surface area contributed by atoms with Crippen molar-refractivity contribution in [3.63, 3.8) is 0 Å². The topological polar surface area (TPSA) is 32.3 Å². The Labute approximate surface area is 102 Å². The van der Waals surface area contributed by atoms with Gasteiger partial charge in [0.1, 0.15) is 0 Å². The second kappa shape index (κ2) is 5.30. The molecule has 0 bridgehead atoms. The first-order valence-corrected chi connectivity index (χ1v) is 7.13. The standard InChI is InChI=1S/C13H21NOS/c1-2-12-9-14-7-6-13(12,15)5-3-11-4-8-16-10-11/h4,8,10,12,14-15H,2-3,5-7,9H2,1H3. The predicted octanol–water partition coefficient (Wildman–Crippen LogP) is 2.43. The van der Waals surface area contributed by atoms with Crippen molar-refractivity contribution in [2.24, 2.45) is 5.92 Å². The normalized spacial score (nSPS) is 30.5. The van der Waals surface area contributed by atoms with Crippen molar-refractivity contribution in [3.8, 4) is 0 Å². The van der Waals surface area contributed by atoms with Gasteiger partial charge in [-0.3, -0.25) is 0 Å². The number of thiophene rings is 1. The summed E-state index contributed by atoms with van der Waals surface area (Å²) in [5, 5.41) is 18.4. The Kier molecular flexibility index (Phi) is 4.00. The number of piperidine rings is 1. The van der Waals surface area contributed by atoms with E-state index in [1.807, 2.05) is 0 Å². The van der Waals surface area contributed by atoms with E-state index in [1.165, 1.54) is 5.56 Å². The van der Waals surface area contributed by atoms with E-state index in [0.717, 1.165) is 38.8 Å². The van der Waals surface area contributed by atoms with Gasteiger partial charge in [0.15, 0.2) is 0 Å². The Hall–Kier alpha value is -0.380. The number of aliphatic hydroxyl groups is 1. The monoisotopic (exact) mass is 239 g/mol. The molecule has 0 aliphatic carbocycles. The van der Waals surface area contributed by atoms with Crippen LogP contribution in [0.25, 0.3) is 0 Å². The van der Waals surface area contributed by atoms with Gasteiger partial charge in [0, 0.05) is 6.54 Å². The van der Waals surface area contributed by atoms with Gasteiger partial charge in [0.25, 0.3) is 0 Å². The first-order valence-electron chi connectivity index (χ1n) is 6.19. The molecule has 2 unspecified atom stereocenters. The molecule has 90 valence electrons. The molecule has 0 amide bonds. The molecule has 1 saturated heterocycles. The number of rotatable bonds is 4. The summed E-state index contributed by atoms with van der Waals surface area (Å²) in [6.07, 6.45) is 3.88. The van der Waals surface area contributed by atoms with Crippen molar-refractivity contribution in [2.45, 2.75) is 38.2 Å². The summed E-state index contributed by atoms with van der Waals surface area (Å²) in [4.78, 5) is 0. The highest BCUT2D eigenvalue weighted by atomic mass is 32.1. The number of hydrogen-bond acceptors (Lipinski definition) is 3. The van der Waals surface area contributed by atoms with Crippen molar-refractivity contribution in [2.75, 3.05) is 13.1 Å². The van der Waals surface area contributed by atoms with Crippen LogP contribution >= 0.6 is 11.3 Å². The second-order valence-electron chi connectivity index (χ2n) is 4.79. The SMILES string of the molecule is CCC1CNCCC1(O)CCc1ccsc1. The van der Waals surface area contributed by atoms with Crippen LogP contribution in [0.3, 0.4) is 0 Å². The van der Waals surface area contributed by atoms with Crippen LogP contribution in [-0.2, 0) is 6.42 Å². The fourth-order valence-electron chi connectivity index (χ4n) is 2.62. The molecular formula is C13H21NOS. The Bertz CT molecular complexity index is 312. The summed E-state index contributed by atoms with van der Waals surface area (Å²) in [5.41, 5.74) is 0.925. The average molecular weight is 239 g/mol. The fraction of sp³-hybridized carbons (Fsp3) is 0.692. The molecule has 2 rings (SSSR count). The highest BCUT2D eigenvalue weighted by Crippen LogP contribution is 2.31. The Morgan fingerprint density at radius 2 is 2.50 bits per heavy atom. The van der Waals surface area contributed by atoms with E-state index in [9.17, 15) is 5.11 Å². The number of aryl methyl sites for hydroxylation is 1. The molecule has 0 spiro atoms. The number of nitrogens with one attached hydrogen (secondary N) is 1. The lowest BCUT2D eigenvalue weighted by Gasteiger charge is -2.40. The van der Waals surface area contributed by atoms with E-state index in [0.29, 0.717) is 5.92 Å². The fourth-order valence-corrected chi connectivity index (χ4v) is 3.33. The van der Waals surface area contributed by atoms with Crippen LogP contribution in [0.5, 0.6) is 0 Å². The highest BCUT2D eigenvalue weighted by Gasteiger charge is 2.37. The smallest absolute Gasteiger partial charge is 0.0703 e. The van der Waals surface area contributed by atoms with Crippen LogP contribution in [0.2, 0.25) is 0 Å². The van der Waals surface area contributed by atoms with Gasteiger partial charge in [-0.05, 0) is 60.5 Å². The predicted molar refractivity (Wildman–Crippen MR) is 68.9 cm³/mol. The molecule has 1 aliphatic heterocycles. The van der Waals surface area contributed by atoms with Crippen molar-refractivity contribution in [1.82, 2.24) is 5.32 Å². The molecule has 2 N–H and O–H groups in total. The van der Waals surface area contributed by atoms with Crippen molar-refractivity contribution < 1.29 is 5.11 Å². The van der Waals surface area contributed by atoms with Crippen molar-refractivity contribution >= 4 is 11.3 Å². The van der Waals surface area contributed by atoms with E-state index in [4.69, 9.17) is 0 Å². The van der Waals surface area contributed by atoms with Crippen molar-refractivity contribution in [1.29, 1.82) is 0 Å². The van der Waals surface area contributed by atoms with E-state index in [1.54, 1.807) is 11.3 Å². The summed E-state index contributed by atoms with van der Waals surface area (Å²) in [6, 6.07) is 2.16. The third-order valence-electron chi connectivity index (χ3n) is 3.80. The zero-order valence-corrected chi connectivity index (χ0v) is 10.7. The first kappa shape index (κ1) is 12.1. The summed E-state index contributed by atoms with van der Waals surface area (Å²) < 4.78 is 0. The van der Waals surface area contributed by atoms with Gasteiger partial charge in [0.05, 0.1) is 5.60 Å². The minimum atomic E-state index is -0.443. The maximum atomic E-state index is 10.7. The van der Waals surface area contributed by atoms with Gasteiger partial charge in [-0.2, -0.15) is 11.3 Å². The van der Waals surface area contributed by atoms with Crippen LogP contribution in [-0.4, -0.2) is 23.8 Å². The molecular weight excluding hydrogens is 218 g/mol. The summed E-state index contributed by atoms with van der Waals surface area (Å²) in [5.74, 6) is 0.417. The quantitative estimate of drug-likeness (QED) is 0.846. The van der Waals surface area contributed by atoms with E-state index < -0.39 is 5.60 Å². The summed E-state index contributed by atoms with van der Waals surface area (Å²) in [6.45, 7) is 4.10. The van der Waals surface area contributed by atoms with Gasteiger partial charge < -0.3 is 10.4 Å². The summed E-state index contributed by atoms with van der Waals surface area (Å²) >= 11 is 1.74. The van der Waals surface area contributed by atoms with Gasteiger partial charge in [-0.1, -0.05) is 6.92 Å². The molecule has 1 aromatic heterocycles. The Balaban J connectivity index is 1.94. The maximum Gasteiger partial charge on any atom is 0.0703 e. The number of hydrogen-bond donors (Lipinski definition) is 2. The van der Waals surface area contributed by atoms with E-state index in [2.05, 4.69) is 29.1 Å². The molecule has 0 aromatic carbocycles. The largest absolute Gasteiger partial charge is 0.389 e. The minimum absolute atomic E-state index is 0.417. The van der Waals surface area contributed by atoms with Crippen LogP contribution in [0, 0.1) is 5.92 Å². The molecule has 0 saturated carbocycles. The zero-order valence-electron chi connectivity index (χ0n) is 9.91. The molecule has 1 aromatic rings. The van der Waals surface area contributed by atoms with E-state index >= 15 is 0 Å². The van der Waals surface area contributed by atoms with Crippen LogP contribution in [0.15, 0.2) is 16.8 Å². The average Bonchev–Trinajstić information content (AvgIpc) is 2.80. The lowest BCUT2D eigenvalue weighted by molar-refractivity contribution is -0.0483. The van der Waals surface area contributed by atoms with Crippen molar-refractivity contribution in [3.05, 3.63) is 22.4 Å². The Morgan fingerprint density at radius 3 is 3.19 bits per heavy atom. The van der Waals surface area contributed by atoms with Crippen LogP contribution < -0.4 is 5.32 Å². The highest BCUT2D eigenvalue weighted by molar-refractivity contribution is 7.07. The molecule has 3 heteroatoms. The first-order chi connectivity index (χ1) is 7.74. The third kappa shape index (κ3) is 2.65. The van der Waals surface area contributed by atoms with Crippen LogP contribution in [0.4, 0.5) is 0 Å². The third-order valence-corrected chi connectivity index (χ3v) is 4.54. The van der Waals surface area contributed by atoms with Gasteiger partial charge in [0.2, 0.25) is 0 Å². The van der Waals surface area contributed by atoms with E-state index in [-0.39, 0.29) is 0 Å². The Morgan fingerprint density at radius 1 is 1.62 bits per heavy atom. The lowest BCUT2D eigenvalue weighted by atomic mass is 9.76. The minimum Gasteiger partial charge on any atom is -0.389 e. The van der Waals surface area contributed by atoms with Gasteiger partial charge >= 0.3 is 0 Å². The second-order valence-corrected chi connectivity index (χ2v) is 5.57. The molecule has 1 aliphatic rings. The summed E-state index contributed by atoms with van der Waals surface area (Å²) in [7, 11) is 0. The molecule has 16 heavy (non-hydrogen) atoms. The zero-order chi connectivity index (χ0) is 11.4. The molecule has 2 heterocycles. The van der Waals surface area contributed by atoms with Gasteiger partial charge in [-0.25, -0.2) is 0 Å². The lowest BCUT2D eigenvalue weighted by Crippen LogP contribution is -2.50. The van der Waals surface area contributed by atoms with Gasteiger partial charge in [-0.15, -0.1) is 0 Å². The molecule has 2 nitrogen and oxygen atoms in total. The molecule has 0 radical (unpaired) electrons. The molecule has 2 atom stereocenters.